The second-order valence-corrected chi connectivity index (χ2v) is 9.22. The summed E-state index contributed by atoms with van der Waals surface area (Å²) < 4.78 is 3.86. The summed E-state index contributed by atoms with van der Waals surface area (Å²) in [5.41, 5.74) is 4.23. The molecular weight excluding hydrogens is 446 g/mol. The Morgan fingerprint density at radius 1 is 1.09 bits per heavy atom. The molecule has 2 aromatic carbocycles. The van der Waals surface area contributed by atoms with Crippen molar-refractivity contribution in [2.24, 2.45) is 12.0 Å². The molecule has 0 aliphatic carbocycles. The third-order valence-corrected chi connectivity index (χ3v) is 6.78. The fraction of sp³-hybridized carbons (Fsp3) is 0.154. The van der Waals surface area contributed by atoms with Gasteiger partial charge in [0.2, 0.25) is 0 Å². The summed E-state index contributed by atoms with van der Waals surface area (Å²) in [5.74, 6) is -0.272. The topological polar surface area (TPSA) is 81.3 Å². The van der Waals surface area contributed by atoms with Gasteiger partial charge in [0.15, 0.2) is 4.80 Å². The number of hydrogen-bond acceptors (Lipinski definition) is 5. The number of thiazole rings is 1. The zero-order valence-corrected chi connectivity index (χ0v) is 19.8. The maximum absolute atomic E-state index is 13.6. The molecule has 7 nitrogen and oxygen atoms in total. The van der Waals surface area contributed by atoms with Crippen LogP contribution in [0.4, 0.5) is 5.69 Å². The van der Waals surface area contributed by atoms with E-state index in [2.05, 4.69) is 15.4 Å². The Morgan fingerprint density at radius 2 is 1.82 bits per heavy atom. The first kappa shape index (κ1) is 21.8. The van der Waals surface area contributed by atoms with Crippen molar-refractivity contribution in [2.45, 2.75) is 19.9 Å². The first-order valence-corrected chi connectivity index (χ1v) is 11.7. The van der Waals surface area contributed by atoms with Crippen LogP contribution in [0, 0.1) is 6.92 Å². The van der Waals surface area contributed by atoms with Gasteiger partial charge in [-0.2, -0.15) is 5.10 Å². The number of aryl methyl sites for hydroxylation is 2. The first-order chi connectivity index (χ1) is 16.4. The van der Waals surface area contributed by atoms with Crippen LogP contribution in [-0.2, 0) is 11.8 Å². The molecule has 3 heterocycles. The third-order valence-electron chi connectivity index (χ3n) is 5.80. The Balaban J connectivity index is 1.67. The van der Waals surface area contributed by atoms with Crippen LogP contribution in [-0.4, -0.2) is 20.3 Å². The number of para-hydroxylation sites is 1. The molecule has 1 atom stereocenters. The van der Waals surface area contributed by atoms with Crippen molar-refractivity contribution >= 4 is 29.0 Å². The Kier molecular flexibility index (Phi) is 5.59. The lowest BCUT2D eigenvalue weighted by Crippen LogP contribution is -2.40. The minimum Gasteiger partial charge on any atom is -0.322 e. The molecule has 1 N–H and O–H groups in total. The third kappa shape index (κ3) is 3.92. The molecule has 0 saturated carbocycles. The summed E-state index contributed by atoms with van der Waals surface area (Å²) in [4.78, 5) is 32.4. The lowest BCUT2D eigenvalue weighted by Gasteiger charge is -2.25. The molecule has 1 amide bonds. The van der Waals surface area contributed by atoms with Crippen molar-refractivity contribution in [3.63, 3.8) is 0 Å². The molecule has 0 fully saturated rings. The minimum atomic E-state index is -0.586. The SMILES string of the molecule is CC1=C(C(=O)Nc2ccccc2C)[C@H](c2ccccc2)n2c(s/c(=C/c3cnn(C)c3)c2=O)=N1. The highest BCUT2D eigenvalue weighted by Crippen LogP contribution is 2.31. The molecule has 0 saturated heterocycles. The van der Waals surface area contributed by atoms with Crippen molar-refractivity contribution < 1.29 is 4.79 Å². The Bertz CT molecular complexity index is 1610. The van der Waals surface area contributed by atoms with Crippen LogP contribution >= 0.6 is 11.3 Å². The molecule has 2 aromatic heterocycles. The number of nitrogens with one attached hydrogen (secondary N) is 1. The van der Waals surface area contributed by atoms with E-state index in [0.717, 1.165) is 22.4 Å². The summed E-state index contributed by atoms with van der Waals surface area (Å²) in [7, 11) is 1.83. The van der Waals surface area contributed by atoms with Crippen LogP contribution < -0.4 is 20.2 Å². The number of carbonyl (C=O) groups is 1. The number of allylic oxidation sites excluding steroid dienone is 1. The highest BCUT2D eigenvalue weighted by atomic mass is 32.1. The number of carbonyl (C=O) groups excluding carboxylic acids is 1. The predicted molar refractivity (Wildman–Crippen MR) is 133 cm³/mol. The van der Waals surface area contributed by atoms with Gasteiger partial charge in [-0.05, 0) is 37.1 Å². The monoisotopic (exact) mass is 469 g/mol. The molecule has 170 valence electrons. The van der Waals surface area contributed by atoms with Gasteiger partial charge in [-0.15, -0.1) is 0 Å². The van der Waals surface area contributed by atoms with Gasteiger partial charge in [0.25, 0.3) is 11.5 Å². The molecule has 1 aliphatic rings. The first-order valence-electron chi connectivity index (χ1n) is 10.9. The molecule has 5 rings (SSSR count). The van der Waals surface area contributed by atoms with Gasteiger partial charge in [0.05, 0.1) is 28.0 Å². The molecule has 0 bridgehead atoms. The van der Waals surface area contributed by atoms with Crippen molar-refractivity contribution in [1.29, 1.82) is 0 Å². The molecule has 8 heteroatoms. The average Bonchev–Trinajstić information content (AvgIpc) is 3.37. The van der Waals surface area contributed by atoms with Gasteiger partial charge in [-0.3, -0.25) is 18.8 Å². The fourth-order valence-electron chi connectivity index (χ4n) is 4.13. The van der Waals surface area contributed by atoms with Crippen LogP contribution in [0.25, 0.3) is 6.08 Å². The zero-order valence-electron chi connectivity index (χ0n) is 19.0. The lowest BCUT2D eigenvalue weighted by atomic mass is 9.95. The molecule has 0 unspecified atom stereocenters. The van der Waals surface area contributed by atoms with Gasteiger partial charge < -0.3 is 5.32 Å². The normalized spacial score (nSPS) is 15.7. The van der Waals surface area contributed by atoms with E-state index in [1.165, 1.54) is 11.3 Å². The smallest absolute Gasteiger partial charge is 0.271 e. The molecule has 0 spiro atoms. The Morgan fingerprint density at radius 3 is 2.53 bits per heavy atom. The van der Waals surface area contributed by atoms with E-state index < -0.39 is 6.04 Å². The van der Waals surface area contributed by atoms with Crippen molar-refractivity contribution in [3.8, 4) is 0 Å². The quantitative estimate of drug-likeness (QED) is 0.499. The van der Waals surface area contributed by atoms with Gasteiger partial charge in [-0.1, -0.05) is 59.9 Å². The van der Waals surface area contributed by atoms with E-state index in [1.54, 1.807) is 15.4 Å². The number of aromatic nitrogens is 3. The minimum absolute atomic E-state index is 0.185. The number of benzene rings is 2. The van der Waals surface area contributed by atoms with E-state index >= 15 is 0 Å². The number of nitrogens with zero attached hydrogens (tertiary/aromatic N) is 4. The highest BCUT2D eigenvalue weighted by Gasteiger charge is 2.32. The molecule has 0 radical (unpaired) electrons. The largest absolute Gasteiger partial charge is 0.322 e. The number of rotatable bonds is 4. The summed E-state index contributed by atoms with van der Waals surface area (Å²) >= 11 is 1.31. The predicted octanol–water partition coefficient (Wildman–Crippen LogP) is 2.92. The van der Waals surface area contributed by atoms with Crippen molar-refractivity contribution in [2.75, 3.05) is 5.32 Å². The van der Waals surface area contributed by atoms with Gasteiger partial charge in [-0.25, -0.2) is 4.99 Å². The van der Waals surface area contributed by atoms with Crippen LogP contribution in [0.3, 0.4) is 0 Å². The van der Waals surface area contributed by atoms with E-state index in [4.69, 9.17) is 0 Å². The fourth-order valence-corrected chi connectivity index (χ4v) is 5.18. The van der Waals surface area contributed by atoms with Crippen molar-refractivity contribution in [3.05, 3.63) is 115 Å². The van der Waals surface area contributed by atoms with Gasteiger partial charge >= 0.3 is 0 Å². The van der Waals surface area contributed by atoms with E-state index in [-0.39, 0.29) is 11.5 Å². The summed E-state index contributed by atoms with van der Waals surface area (Å²) in [6, 6.07) is 16.6. The van der Waals surface area contributed by atoms with E-state index in [9.17, 15) is 9.59 Å². The molecule has 1 aliphatic heterocycles. The van der Waals surface area contributed by atoms with Crippen LogP contribution in [0.5, 0.6) is 0 Å². The average molecular weight is 470 g/mol. The van der Waals surface area contributed by atoms with Crippen LogP contribution in [0.1, 0.15) is 29.7 Å². The van der Waals surface area contributed by atoms with E-state index in [1.807, 2.05) is 87.8 Å². The second kappa shape index (κ2) is 8.72. The Labute approximate surface area is 200 Å². The lowest BCUT2D eigenvalue weighted by molar-refractivity contribution is -0.113. The van der Waals surface area contributed by atoms with Gasteiger partial charge in [0.1, 0.15) is 0 Å². The standard InChI is InChI=1S/C26H23N5O2S/c1-16-9-7-8-12-20(16)29-24(32)22-17(2)28-26-31(23(22)19-10-5-4-6-11-19)25(33)21(34-26)13-18-14-27-30(3)15-18/h4-15,23H,1-3H3,(H,29,32)/b21-13+/t23-/m0/s1. The van der Waals surface area contributed by atoms with Crippen molar-refractivity contribution in [1.82, 2.24) is 14.3 Å². The molecule has 4 aromatic rings. The van der Waals surface area contributed by atoms with Crippen LogP contribution in [0.2, 0.25) is 0 Å². The summed E-state index contributed by atoms with van der Waals surface area (Å²) in [5, 5.41) is 7.20. The summed E-state index contributed by atoms with van der Waals surface area (Å²) in [6.07, 6.45) is 5.36. The maximum Gasteiger partial charge on any atom is 0.271 e. The van der Waals surface area contributed by atoms with E-state index in [0.29, 0.717) is 20.6 Å². The number of anilines is 1. The summed E-state index contributed by atoms with van der Waals surface area (Å²) in [6.45, 7) is 3.76. The maximum atomic E-state index is 13.6. The zero-order chi connectivity index (χ0) is 23.8. The number of fused-ring (bicyclic) bond motifs is 1. The molecule has 34 heavy (non-hydrogen) atoms. The number of hydrogen-bond donors (Lipinski definition) is 1. The Hall–Kier alpha value is -4.04. The second-order valence-electron chi connectivity index (χ2n) is 8.21. The van der Waals surface area contributed by atoms with Gasteiger partial charge in [0, 0.05) is 24.5 Å². The highest BCUT2D eigenvalue weighted by molar-refractivity contribution is 7.07. The van der Waals surface area contributed by atoms with Crippen LogP contribution in [0.15, 0.2) is 88.0 Å². The molecular formula is C26H23N5O2S. The number of amides is 1.